The van der Waals surface area contributed by atoms with Crippen LogP contribution in [0.5, 0.6) is 0 Å². The van der Waals surface area contributed by atoms with E-state index < -0.39 is 11.7 Å². The van der Waals surface area contributed by atoms with E-state index in [9.17, 15) is 14.9 Å². The molecule has 8 heavy (non-hydrogen) atoms. The van der Waals surface area contributed by atoms with E-state index in [0.717, 1.165) is 0 Å². The van der Waals surface area contributed by atoms with Crippen molar-refractivity contribution < 1.29 is 14.7 Å². The molecule has 0 atom stereocenters. The van der Waals surface area contributed by atoms with E-state index >= 15 is 0 Å². The number of nitrogens with zero attached hydrogens (tertiary/aromatic N) is 1. The molecule has 0 fully saturated rings. The van der Waals surface area contributed by atoms with Crippen LogP contribution < -0.4 is 0 Å². The lowest BCUT2D eigenvalue weighted by atomic mass is 10.5. The molecule has 0 aromatic heterocycles. The van der Waals surface area contributed by atoms with Crippen molar-refractivity contribution in [2.45, 2.75) is 6.92 Å². The van der Waals surface area contributed by atoms with Gasteiger partial charge in [0.25, 0.3) is 5.09 Å². The Balaban J connectivity index is 3.18. The van der Waals surface area contributed by atoms with E-state index in [1.165, 1.54) is 6.92 Å². The second-order valence-electron chi connectivity index (χ2n) is 1.20. The highest BCUT2D eigenvalue weighted by Gasteiger charge is 1.95. The summed E-state index contributed by atoms with van der Waals surface area (Å²) in [6.45, 7) is 0.760. The van der Waals surface area contributed by atoms with E-state index in [1.54, 1.807) is 0 Å². The second kappa shape index (κ2) is 2.95. The first-order valence-electron chi connectivity index (χ1n) is 1.89. The number of rotatable bonds is 3. The van der Waals surface area contributed by atoms with Gasteiger partial charge in [0.15, 0.2) is 12.4 Å². The summed E-state index contributed by atoms with van der Waals surface area (Å²) in [5.74, 6) is -0.360. The summed E-state index contributed by atoms with van der Waals surface area (Å²) < 4.78 is 0. The third kappa shape index (κ3) is 4.87. The van der Waals surface area contributed by atoms with E-state index in [-0.39, 0.29) is 5.78 Å². The minimum Gasteiger partial charge on any atom is -0.306 e. The van der Waals surface area contributed by atoms with Crippen LogP contribution in [0.3, 0.4) is 0 Å². The molecular formula is C3H5NO4. The zero-order chi connectivity index (χ0) is 6.57. The van der Waals surface area contributed by atoms with Crippen LogP contribution in [0, 0.1) is 10.1 Å². The monoisotopic (exact) mass is 119 g/mol. The largest absolute Gasteiger partial charge is 0.306 e. The average molecular weight is 119 g/mol. The summed E-state index contributed by atoms with van der Waals surface area (Å²) >= 11 is 0. The quantitative estimate of drug-likeness (QED) is 0.380. The summed E-state index contributed by atoms with van der Waals surface area (Å²) in [5, 5.41) is 8.34. The van der Waals surface area contributed by atoms with Crippen LogP contribution in [0.2, 0.25) is 0 Å². The molecule has 0 spiro atoms. The van der Waals surface area contributed by atoms with E-state index in [4.69, 9.17) is 0 Å². The van der Waals surface area contributed by atoms with Crippen molar-refractivity contribution in [1.29, 1.82) is 0 Å². The highest BCUT2D eigenvalue weighted by molar-refractivity contribution is 5.76. The molecule has 0 aromatic carbocycles. The van der Waals surface area contributed by atoms with Crippen molar-refractivity contribution in [2.24, 2.45) is 0 Å². The van der Waals surface area contributed by atoms with Gasteiger partial charge in [-0.25, -0.2) is 0 Å². The summed E-state index contributed by atoms with van der Waals surface area (Å²) in [6, 6.07) is 0. The molecule has 0 aliphatic carbocycles. The van der Waals surface area contributed by atoms with Crippen molar-refractivity contribution in [2.75, 3.05) is 6.61 Å². The van der Waals surface area contributed by atoms with Gasteiger partial charge in [0.1, 0.15) is 0 Å². The Morgan fingerprint density at radius 2 is 2.38 bits per heavy atom. The summed E-state index contributed by atoms with van der Waals surface area (Å²) in [4.78, 5) is 22.9. The van der Waals surface area contributed by atoms with Crippen molar-refractivity contribution in [1.82, 2.24) is 0 Å². The highest BCUT2D eigenvalue weighted by Crippen LogP contribution is 1.74. The fourth-order valence-corrected chi connectivity index (χ4v) is 0.144. The lowest BCUT2D eigenvalue weighted by Crippen LogP contribution is -2.08. The van der Waals surface area contributed by atoms with E-state index in [2.05, 4.69) is 4.84 Å². The van der Waals surface area contributed by atoms with Gasteiger partial charge < -0.3 is 4.84 Å². The molecule has 0 saturated carbocycles. The van der Waals surface area contributed by atoms with Gasteiger partial charge in [-0.3, -0.25) is 4.79 Å². The molecule has 0 N–H and O–H groups in total. The van der Waals surface area contributed by atoms with Crippen molar-refractivity contribution >= 4 is 5.78 Å². The number of carbonyl (C=O) groups excluding carboxylic acids is 1. The van der Waals surface area contributed by atoms with Gasteiger partial charge in [-0.1, -0.05) is 0 Å². The van der Waals surface area contributed by atoms with Crippen molar-refractivity contribution in [3.63, 3.8) is 0 Å². The standard InChI is InChI=1S/C3H5NO4/c1-3(5)2-8-4(6)7/h2H2,1H3. The number of hydrogen-bond acceptors (Lipinski definition) is 4. The SMILES string of the molecule is CC(=O)CO[N+](=O)[O-]. The molecule has 46 valence electrons. The van der Waals surface area contributed by atoms with Gasteiger partial charge in [-0.2, -0.15) is 0 Å². The molecule has 0 aliphatic rings. The minimum absolute atomic E-state index is 0.360. The highest BCUT2D eigenvalue weighted by atomic mass is 16.9. The number of Topliss-reactive ketones (excluding diaryl/α,β-unsaturated/α-hetero) is 1. The molecule has 0 bridgehead atoms. The Morgan fingerprint density at radius 3 is 2.50 bits per heavy atom. The Labute approximate surface area is 45.4 Å². The molecule has 0 saturated heterocycles. The Morgan fingerprint density at radius 1 is 1.88 bits per heavy atom. The molecule has 0 aliphatic heterocycles. The Kier molecular flexibility index (Phi) is 2.53. The molecule has 5 nitrogen and oxygen atoms in total. The third-order valence-electron chi connectivity index (χ3n) is 0.373. The predicted molar refractivity (Wildman–Crippen MR) is 23.6 cm³/mol. The summed E-state index contributed by atoms with van der Waals surface area (Å²) in [6.07, 6.45) is 0. The first-order valence-corrected chi connectivity index (χ1v) is 1.89. The van der Waals surface area contributed by atoms with Gasteiger partial charge in [0.2, 0.25) is 0 Å². The van der Waals surface area contributed by atoms with Crippen LogP contribution in [-0.2, 0) is 9.63 Å². The maximum Gasteiger partial charge on any atom is 0.294 e. The maximum atomic E-state index is 9.92. The van der Waals surface area contributed by atoms with Crippen LogP contribution >= 0.6 is 0 Å². The van der Waals surface area contributed by atoms with Crippen molar-refractivity contribution in [3.8, 4) is 0 Å². The van der Waals surface area contributed by atoms with E-state index in [1.807, 2.05) is 0 Å². The van der Waals surface area contributed by atoms with Crippen LogP contribution in [0.4, 0.5) is 0 Å². The second-order valence-corrected chi connectivity index (χ2v) is 1.20. The van der Waals surface area contributed by atoms with Gasteiger partial charge in [-0.05, 0) is 6.92 Å². The fraction of sp³-hybridized carbons (Fsp3) is 0.667. The molecule has 0 aromatic rings. The Hall–Kier alpha value is -1.13. The van der Waals surface area contributed by atoms with Crippen LogP contribution in [0.25, 0.3) is 0 Å². The van der Waals surface area contributed by atoms with Gasteiger partial charge >= 0.3 is 0 Å². The topological polar surface area (TPSA) is 69.4 Å². The number of carbonyl (C=O) groups is 1. The molecule has 0 amide bonds. The molecule has 5 heteroatoms. The molecule has 0 rings (SSSR count). The van der Waals surface area contributed by atoms with Gasteiger partial charge in [0.05, 0.1) is 0 Å². The van der Waals surface area contributed by atoms with Crippen molar-refractivity contribution in [3.05, 3.63) is 10.1 Å². The molecule has 0 radical (unpaired) electrons. The average Bonchev–Trinajstić information content (AvgIpc) is 1.61. The lowest BCUT2D eigenvalue weighted by Gasteiger charge is -1.88. The first-order chi connectivity index (χ1) is 3.63. The third-order valence-corrected chi connectivity index (χ3v) is 0.373. The summed E-state index contributed by atoms with van der Waals surface area (Å²) in [5.41, 5.74) is 0. The minimum atomic E-state index is -0.999. The molecule has 0 unspecified atom stereocenters. The van der Waals surface area contributed by atoms with Gasteiger partial charge in [-0.15, -0.1) is 10.1 Å². The smallest absolute Gasteiger partial charge is 0.294 e. The Bertz CT molecular complexity index is 95.9. The zero-order valence-corrected chi connectivity index (χ0v) is 4.29. The molecular weight excluding hydrogens is 114 g/mol. The first kappa shape index (κ1) is 6.87. The van der Waals surface area contributed by atoms with E-state index in [0.29, 0.717) is 0 Å². The molecule has 0 heterocycles. The van der Waals surface area contributed by atoms with Crippen LogP contribution in [0.15, 0.2) is 0 Å². The normalized spacial score (nSPS) is 8.12. The zero-order valence-electron chi connectivity index (χ0n) is 4.29. The summed E-state index contributed by atoms with van der Waals surface area (Å²) in [7, 11) is 0. The number of ketones is 1. The van der Waals surface area contributed by atoms with Crippen LogP contribution in [-0.4, -0.2) is 17.5 Å². The fourth-order valence-electron chi connectivity index (χ4n) is 0.144. The van der Waals surface area contributed by atoms with Crippen LogP contribution in [0.1, 0.15) is 6.92 Å². The van der Waals surface area contributed by atoms with Gasteiger partial charge in [0, 0.05) is 0 Å². The maximum absolute atomic E-state index is 9.92. The number of hydrogen-bond donors (Lipinski definition) is 0. The lowest BCUT2D eigenvalue weighted by molar-refractivity contribution is -0.754. The predicted octanol–water partition coefficient (Wildman–Crippen LogP) is -0.216.